The molecule has 0 aliphatic carbocycles. The van der Waals surface area contributed by atoms with Gasteiger partial charge in [-0.3, -0.25) is 14.4 Å². The second kappa shape index (κ2) is 9.84. The molecule has 0 bridgehead atoms. The van der Waals surface area contributed by atoms with Crippen LogP contribution in [0.5, 0.6) is 0 Å². The summed E-state index contributed by atoms with van der Waals surface area (Å²) in [4.78, 5) is 17.7. The summed E-state index contributed by atoms with van der Waals surface area (Å²) >= 11 is 6.32. The fourth-order valence-electron chi connectivity index (χ4n) is 4.29. The summed E-state index contributed by atoms with van der Waals surface area (Å²) in [6.07, 6.45) is 0.902. The van der Waals surface area contributed by atoms with E-state index < -0.39 is 0 Å². The molecule has 0 saturated carbocycles. The van der Waals surface area contributed by atoms with Crippen molar-refractivity contribution in [2.24, 2.45) is 0 Å². The normalized spacial score (nSPS) is 15.1. The fraction of sp³-hybridized carbons (Fsp3) is 0.360. The van der Waals surface area contributed by atoms with Gasteiger partial charge in [-0.15, -0.1) is 0 Å². The number of hydrogen-bond donors (Lipinski definition) is 0. The zero-order valence-electron chi connectivity index (χ0n) is 18.5. The summed E-state index contributed by atoms with van der Waals surface area (Å²) in [6, 6.07) is 14.3. The molecule has 7 heteroatoms. The van der Waals surface area contributed by atoms with Gasteiger partial charge in [0.25, 0.3) is 5.91 Å². The topological polar surface area (TPSA) is 41.4 Å². The van der Waals surface area contributed by atoms with Crippen molar-refractivity contribution in [1.29, 1.82) is 0 Å². The van der Waals surface area contributed by atoms with Gasteiger partial charge >= 0.3 is 0 Å². The van der Waals surface area contributed by atoms with Gasteiger partial charge in [-0.2, -0.15) is 5.10 Å². The highest BCUT2D eigenvalue weighted by atomic mass is 35.5. The summed E-state index contributed by atoms with van der Waals surface area (Å²) < 4.78 is 15.0. The summed E-state index contributed by atoms with van der Waals surface area (Å²) in [5.41, 5.74) is 4.35. The Morgan fingerprint density at radius 3 is 2.50 bits per heavy atom. The Labute approximate surface area is 193 Å². The van der Waals surface area contributed by atoms with Gasteiger partial charge in [0.05, 0.1) is 17.8 Å². The molecule has 168 valence electrons. The van der Waals surface area contributed by atoms with Gasteiger partial charge in [0.15, 0.2) is 0 Å². The van der Waals surface area contributed by atoms with E-state index in [9.17, 15) is 9.18 Å². The third-order valence-corrected chi connectivity index (χ3v) is 6.44. The molecule has 1 fully saturated rings. The monoisotopic (exact) mass is 454 g/mol. The second-order valence-corrected chi connectivity index (χ2v) is 8.75. The van der Waals surface area contributed by atoms with E-state index in [1.165, 1.54) is 12.1 Å². The highest BCUT2D eigenvalue weighted by Crippen LogP contribution is 2.21. The van der Waals surface area contributed by atoms with E-state index in [0.29, 0.717) is 30.2 Å². The van der Waals surface area contributed by atoms with Crippen molar-refractivity contribution in [3.8, 4) is 0 Å². The zero-order valence-corrected chi connectivity index (χ0v) is 19.3. The highest BCUT2D eigenvalue weighted by Gasteiger charge is 2.26. The van der Waals surface area contributed by atoms with Gasteiger partial charge in [0, 0.05) is 43.4 Å². The molecule has 2 aromatic carbocycles. The number of aromatic nitrogens is 2. The molecule has 2 heterocycles. The van der Waals surface area contributed by atoms with Crippen LogP contribution in [0.25, 0.3) is 0 Å². The van der Waals surface area contributed by atoms with Crippen LogP contribution in [0.2, 0.25) is 5.02 Å². The molecule has 1 saturated heterocycles. The van der Waals surface area contributed by atoms with Gasteiger partial charge in [-0.1, -0.05) is 41.9 Å². The van der Waals surface area contributed by atoms with Gasteiger partial charge in [0.2, 0.25) is 0 Å². The number of hydrogen-bond acceptors (Lipinski definition) is 3. The predicted octanol–water partition coefficient (Wildman–Crippen LogP) is 4.69. The van der Waals surface area contributed by atoms with Crippen molar-refractivity contribution in [3.05, 3.63) is 87.4 Å². The van der Waals surface area contributed by atoms with Gasteiger partial charge < -0.3 is 4.90 Å². The number of aryl methyl sites for hydroxylation is 1. The molecular weight excluding hydrogens is 427 g/mol. The van der Waals surface area contributed by atoms with Gasteiger partial charge in [0.1, 0.15) is 5.82 Å². The largest absolute Gasteiger partial charge is 0.337 e. The van der Waals surface area contributed by atoms with Crippen LogP contribution in [0.3, 0.4) is 0 Å². The lowest BCUT2D eigenvalue weighted by Crippen LogP contribution is -2.35. The van der Waals surface area contributed by atoms with Crippen molar-refractivity contribution < 1.29 is 9.18 Å². The molecule has 0 radical (unpaired) electrons. The maximum Gasteiger partial charge on any atom is 0.257 e. The summed E-state index contributed by atoms with van der Waals surface area (Å²) in [6.45, 7) is 8.20. The Morgan fingerprint density at radius 2 is 1.75 bits per heavy atom. The molecule has 4 rings (SSSR count). The molecule has 1 aliphatic rings. The molecule has 1 aliphatic heterocycles. The summed E-state index contributed by atoms with van der Waals surface area (Å²) in [5.74, 6) is -0.184. The molecule has 0 atom stereocenters. The minimum absolute atomic E-state index is 0.0361. The Bertz CT molecular complexity index is 1100. The molecular formula is C25H28ClFN4O. The number of benzene rings is 2. The van der Waals surface area contributed by atoms with E-state index in [1.54, 1.807) is 0 Å². The first-order valence-corrected chi connectivity index (χ1v) is 11.3. The molecule has 1 aromatic heterocycles. The van der Waals surface area contributed by atoms with E-state index in [-0.39, 0.29) is 11.7 Å². The standard InChI is InChI=1S/C25H28ClFN4O/c1-18-24(19(2)31(28-18)17-21-6-3-4-7-23(21)26)25(32)30-13-5-12-29(14-15-30)16-20-8-10-22(27)11-9-20/h3-4,6-11H,5,12-17H2,1-2H3. The Kier molecular flexibility index (Phi) is 6.92. The van der Waals surface area contributed by atoms with Crippen LogP contribution >= 0.6 is 11.6 Å². The molecule has 32 heavy (non-hydrogen) atoms. The molecule has 0 unspecified atom stereocenters. The Balaban J connectivity index is 1.44. The van der Waals surface area contributed by atoms with Crippen LogP contribution < -0.4 is 0 Å². The van der Waals surface area contributed by atoms with Crippen LogP contribution in [0.15, 0.2) is 48.5 Å². The first kappa shape index (κ1) is 22.5. The second-order valence-electron chi connectivity index (χ2n) is 8.34. The lowest BCUT2D eigenvalue weighted by Gasteiger charge is -2.22. The van der Waals surface area contributed by atoms with E-state index >= 15 is 0 Å². The molecule has 3 aromatic rings. The van der Waals surface area contributed by atoms with Crippen molar-refractivity contribution in [3.63, 3.8) is 0 Å². The van der Waals surface area contributed by atoms with E-state index in [4.69, 9.17) is 11.6 Å². The van der Waals surface area contributed by atoms with Crippen LogP contribution in [0.4, 0.5) is 4.39 Å². The number of nitrogens with zero attached hydrogens (tertiary/aromatic N) is 4. The maximum atomic E-state index is 13.4. The number of amides is 1. The third-order valence-electron chi connectivity index (χ3n) is 6.07. The zero-order chi connectivity index (χ0) is 22.7. The first-order chi connectivity index (χ1) is 15.4. The Hall–Kier alpha value is -2.70. The predicted molar refractivity (Wildman–Crippen MR) is 124 cm³/mol. The average molecular weight is 455 g/mol. The van der Waals surface area contributed by atoms with Crippen molar-refractivity contribution >= 4 is 17.5 Å². The van der Waals surface area contributed by atoms with Crippen LogP contribution in [-0.4, -0.2) is 51.7 Å². The fourth-order valence-corrected chi connectivity index (χ4v) is 4.48. The van der Waals surface area contributed by atoms with Crippen LogP contribution in [0, 0.1) is 19.7 Å². The molecule has 5 nitrogen and oxygen atoms in total. The van der Waals surface area contributed by atoms with E-state index in [2.05, 4.69) is 10.00 Å². The minimum atomic E-state index is -0.220. The van der Waals surface area contributed by atoms with Crippen molar-refractivity contribution in [1.82, 2.24) is 19.6 Å². The van der Waals surface area contributed by atoms with E-state index in [0.717, 1.165) is 48.6 Å². The minimum Gasteiger partial charge on any atom is -0.337 e. The lowest BCUT2D eigenvalue weighted by atomic mass is 10.1. The third kappa shape index (κ3) is 5.03. The number of rotatable bonds is 5. The van der Waals surface area contributed by atoms with Gasteiger partial charge in [-0.25, -0.2) is 4.39 Å². The SMILES string of the molecule is Cc1nn(Cc2ccccc2Cl)c(C)c1C(=O)N1CCCN(Cc2ccc(F)cc2)CC1. The van der Waals surface area contributed by atoms with E-state index in [1.807, 2.05) is 59.8 Å². The van der Waals surface area contributed by atoms with Gasteiger partial charge in [-0.05, 0) is 49.6 Å². The molecule has 0 spiro atoms. The van der Waals surface area contributed by atoms with Crippen molar-refractivity contribution in [2.75, 3.05) is 26.2 Å². The van der Waals surface area contributed by atoms with Crippen molar-refractivity contribution in [2.45, 2.75) is 33.4 Å². The molecule has 1 amide bonds. The highest BCUT2D eigenvalue weighted by molar-refractivity contribution is 6.31. The maximum absolute atomic E-state index is 13.4. The number of carbonyl (C=O) groups excluding carboxylic acids is 1. The number of halogens is 2. The average Bonchev–Trinajstić information content (AvgIpc) is 2.93. The Morgan fingerprint density at radius 1 is 1.00 bits per heavy atom. The quantitative estimate of drug-likeness (QED) is 0.561. The lowest BCUT2D eigenvalue weighted by molar-refractivity contribution is 0.0759. The molecule has 0 N–H and O–H groups in total. The number of carbonyl (C=O) groups is 1. The summed E-state index contributed by atoms with van der Waals surface area (Å²) in [7, 11) is 0. The first-order valence-electron chi connectivity index (χ1n) is 11.0. The summed E-state index contributed by atoms with van der Waals surface area (Å²) in [5, 5.41) is 5.33. The van der Waals surface area contributed by atoms with Crippen LogP contribution in [0.1, 0.15) is 39.3 Å². The van der Waals surface area contributed by atoms with Crippen LogP contribution in [-0.2, 0) is 13.1 Å². The smallest absolute Gasteiger partial charge is 0.257 e.